The van der Waals surface area contributed by atoms with E-state index in [1.807, 2.05) is 26.0 Å². The molecule has 84 valence electrons. The smallest absolute Gasteiger partial charge is 0.192 e. The van der Waals surface area contributed by atoms with E-state index in [4.69, 9.17) is 4.42 Å². The molecule has 3 nitrogen and oxygen atoms in total. The van der Waals surface area contributed by atoms with Gasteiger partial charge in [0, 0.05) is 18.4 Å². The Morgan fingerprint density at radius 1 is 1.50 bits per heavy atom. The largest absolute Gasteiger partial charge is 0.441 e. The van der Waals surface area contributed by atoms with E-state index in [9.17, 15) is 4.79 Å². The van der Waals surface area contributed by atoms with E-state index in [1.165, 1.54) is 0 Å². The molecule has 0 spiro atoms. The summed E-state index contributed by atoms with van der Waals surface area (Å²) < 4.78 is 5.41. The summed E-state index contributed by atoms with van der Waals surface area (Å²) in [5.41, 5.74) is 2.20. The normalized spacial score (nSPS) is 12.9. The fourth-order valence-corrected chi connectivity index (χ4v) is 1.66. The first-order chi connectivity index (χ1) is 7.61. The molecule has 0 saturated carbocycles. The number of aryl methyl sites for hydroxylation is 1. The summed E-state index contributed by atoms with van der Waals surface area (Å²) in [6.07, 6.45) is 0.853. The van der Waals surface area contributed by atoms with Crippen LogP contribution in [0.15, 0.2) is 22.6 Å². The summed E-state index contributed by atoms with van der Waals surface area (Å²) in [4.78, 5) is 16.2. The van der Waals surface area contributed by atoms with Crippen molar-refractivity contribution in [3.05, 3.63) is 29.7 Å². The van der Waals surface area contributed by atoms with Crippen molar-refractivity contribution in [1.82, 2.24) is 4.98 Å². The van der Waals surface area contributed by atoms with E-state index >= 15 is 0 Å². The van der Waals surface area contributed by atoms with Gasteiger partial charge in [0.05, 0.1) is 0 Å². The summed E-state index contributed by atoms with van der Waals surface area (Å²) in [5.74, 6) is 0.850. The van der Waals surface area contributed by atoms with Crippen LogP contribution in [0.4, 0.5) is 0 Å². The lowest BCUT2D eigenvalue weighted by atomic mass is 9.97. The first-order valence-electron chi connectivity index (χ1n) is 5.53. The Balaban J connectivity index is 2.42. The van der Waals surface area contributed by atoms with Crippen molar-refractivity contribution in [1.29, 1.82) is 0 Å². The van der Waals surface area contributed by atoms with Crippen LogP contribution in [-0.4, -0.2) is 10.8 Å². The van der Waals surface area contributed by atoms with E-state index < -0.39 is 0 Å². The summed E-state index contributed by atoms with van der Waals surface area (Å²) >= 11 is 0. The van der Waals surface area contributed by atoms with Crippen LogP contribution in [0.25, 0.3) is 11.1 Å². The maximum absolute atomic E-state index is 12.0. The van der Waals surface area contributed by atoms with Gasteiger partial charge in [0.2, 0.25) is 0 Å². The van der Waals surface area contributed by atoms with Gasteiger partial charge in [-0.2, -0.15) is 0 Å². The van der Waals surface area contributed by atoms with Crippen molar-refractivity contribution in [2.45, 2.75) is 27.2 Å². The number of nitrogens with zero attached hydrogens (tertiary/aromatic N) is 1. The van der Waals surface area contributed by atoms with Gasteiger partial charge in [0.15, 0.2) is 17.3 Å². The number of oxazole rings is 1. The third kappa shape index (κ3) is 1.85. The number of rotatable bonds is 3. The molecular formula is C13H15NO2. The van der Waals surface area contributed by atoms with Crippen molar-refractivity contribution >= 4 is 16.9 Å². The number of Topliss-reactive ketones (excluding diaryl/α,β-unsaturated/α-hetero) is 1. The van der Waals surface area contributed by atoms with E-state index in [-0.39, 0.29) is 11.7 Å². The van der Waals surface area contributed by atoms with Crippen LogP contribution in [-0.2, 0) is 0 Å². The molecule has 3 heteroatoms. The zero-order valence-corrected chi connectivity index (χ0v) is 9.78. The summed E-state index contributed by atoms with van der Waals surface area (Å²) in [5, 5.41) is 0. The van der Waals surface area contributed by atoms with Crippen LogP contribution in [0.1, 0.15) is 36.5 Å². The minimum atomic E-state index is 0.0569. The van der Waals surface area contributed by atoms with Crippen LogP contribution in [0, 0.1) is 12.8 Å². The standard InChI is InChI=1S/C13H15NO2/c1-4-8(2)13(15)10-5-6-11-12(7-10)16-9(3)14-11/h5-8H,4H2,1-3H3. The van der Waals surface area contributed by atoms with Crippen molar-refractivity contribution < 1.29 is 9.21 Å². The van der Waals surface area contributed by atoms with Crippen LogP contribution < -0.4 is 0 Å². The molecule has 1 aromatic carbocycles. The lowest BCUT2D eigenvalue weighted by Crippen LogP contribution is -2.09. The molecule has 1 unspecified atom stereocenters. The highest BCUT2D eigenvalue weighted by molar-refractivity contribution is 5.99. The van der Waals surface area contributed by atoms with Crippen LogP contribution >= 0.6 is 0 Å². The van der Waals surface area contributed by atoms with Gasteiger partial charge in [-0.15, -0.1) is 0 Å². The predicted octanol–water partition coefficient (Wildman–Crippen LogP) is 3.37. The number of carbonyl (C=O) groups excluding carboxylic acids is 1. The number of aromatic nitrogens is 1. The quantitative estimate of drug-likeness (QED) is 0.740. The molecule has 0 N–H and O–H groups in total. The van der Waals surface area contributed by atoms with Gasteiger partial charge in [-0.05, 0) is 24.6 Å². The Labute approximate surface area is 94.5 Å². The molecule has 0 bridgehead atoms. The van der Waals surface area contributed by atoms with Crippen LogP contribution in [0.3, 0.4) is 0 Å². The number of benzene rings is 1. The number of fused-ring (bicyclic) bond motifs is 1. The number of hydrogen-bond donors (Lipinski definition) is 0. The Kier molecular flexibility index (Phi) is 2.77. The molecule has 0 aliphatic heterocycles. The van der Waals surface area contributed by atoms with Gasteiger partial charge < -0.3 is 4.42 Å². The molecule has 0 fully saturated rings. The van der Waals surface area contributed by atoms with Gasteiger partial charge in [-0.25, -0.2) is 4.98 Å². The molecule has 1 aromatic heterocycles. The number of hydrogen-bond acceptors (Lipinski definition) is 3. The molecule has 16 heavy (non-hydrogen) atoms. The second-order valence-electron chi connectivity index (χ2n) is 4.09. The van der Waals surface area contributed by atoms with Gasteiger partial charge in [-0.1, -0.05) is 13.8 Å². The molecule has 0 radical (unpaired) electrons. The molecule has 1 atom stereocenters. The average Bonchev–Trinajstić information content (AvgIpc) is 2.65. The lowest BCUT2D eigenvalue weighted by molar-refractivity contribution is 0.0927. The van der Waals surface area contributed by atoms with Gasteiger partial charge in [0.1, 0.15) is 5.52 Å². The highest BCUT2D eigenvalue weighted by Crippen LogP contribution is 2.19. The topological polar surface area (TPSA) is 43.1 Å². The average molecular weight is 217 g/mol. The summed E-state index contributed by atoms with van der Waals surface area (Å²) in [7, 11) is 0. The monoisotopic (exact) mass is 217 g/mol. The zero-order valence-electron chi connectivity index (χ0n) is 9.78. The van der Waals surface area contributed by atoms with Crippen LogP contribution in [0.5, 0.6) is 0 Å². The minimum absolute atomic E-state index is 0.0569. The fraction of sp³-hybridized carbons (Fsp3) is 0.385. The van der Waals surface area contributed by atoms with Crippen LogP contribution in [0.2, 0.25) is 0 Å². The van der Waals surface area contributed by atoms with Gasteiger partial charge in [-0.3, -0.25) is 4.79 Å². The maximum atomic E-state index is 12.0. The zero-order chi connectivity index (χ0) is 11.7. The van der Waals surface area contributed by atoms with E-state index in [1.54, 1.807) is 13.0 Å². The van der Waals surface area contributed by atoms with E-state index in [0.717, 1.165) is 11.9 Å². The molecule has 0 aliphatic carbocycles. The Bertz CT molecular complexity index is 528. The molecule has 2 aromatic rings. The van der Waals surface area contributed by atoms with E-state index in [2.05, 4.69) is 4.98 Å². The first-order valence-corrected chi connectivity index (χ1v) is 5.53. The maximum Gasteiger partial charge on any atom is 0.192 e. The predicted molar refractivity (Wildman–Crippen MR) is 62.5 cm³/mol. The second kappa shape index (κ2) is 4.08. The molecule has 0 amide bonds. The molecular weight excluding hydrogens is 202 g/mol. The van der Waals surface area contributed by atoms with E-state index in [0.29, 0.717) is 17.0 Å². The SMILES string of the molecule is CCC(C)C(=O)c1ccc2nc(C)oc2c1. The highest BCUT2D eigenvalue weighted by Gasteiger charge is 2.14. The summed E-state index contributed by atoms with van der Waals surface area (Å²) in [6.45, 7) is 5.76. The highest BCUT2D eigenvalue weighted by atomic mass is 16.3. The minimum Gasteiger partial charge on any atom is -0.441 e. The third-order valence-electron chi connectivity index (χ3n) is 2.84. The molecule has 0 saturated heterocycles. The van der Waals surface area contributed by atoms with Gasteiger partial charge in [0.25, 0.3) is 0 Å². The van der Waals surface area contributed by atoms with Crippen molar-refractivity contribution in [2.24, 2.45) is 5.92 Å². The summed E-state index contributed by atoms with van der Waals surface area (Å²) in [6, 6.07) is 5.43. The first kappa shape index (κ1) is 10.9. The Hall–Kier alpha value is -1.64. The number of ketones is 1. The third-order valence-corrected chi connectivity index (χ3v) is 2.84. The second-order valence-corrected chi connectivity index (χ2v) is 4.09. The fourth-order valence-electron chi connectivity index (χ4n) is 1.66. The molecule has 0 aliphatic rings. The molecule has 2 rings (SSSR count). The Morgan fingerprint density at radius 2 is 2.25 bits per heavy atom. The number of carbonyl (C=O) groups is 1. The molecule has 1 heterocycles. The lowest BCUT2D eigenvalue weighted by Gasteiger charge is -2.06. The Morgan fingerprint density at radius 3 is 2.94 bits per heavy atom. The van der Waals surface area contributed by atoms with Crippen molar-refractivity contribution in [3.8, 4) is 0 Å². The van der Waals surface area contributed by atoms with Gasteiger partial charge >= 0.3 is 0 Å². The van der Waals surface area contributed by atoms with Crippen molar-refractivity contribution in [2.75, 3.05) is 0 Å². The van der Waals surface area contributed by atoms with Crippen molar-refractivity contribution in [3.63, 3.8) is 0 Å².